The smallest absolute Gasteiger partial charge is 0.0517 e. The molecule has 0 spiro atoms. The highest BCUT2D eigenvalue weighted by Gasteiger charge is 2.57. The zero-order valence-electron chi connectivity index (χ0n) is 35.8. The summed E-state index contributed by atoms with van der Waals surface area (Å²) in [5, 5.41) is 12.9. The zero-order chi connectivity index (χ0) is 41.9. The van der Waals surface area contributed by atoms with Crippen LogP contribution in [-0.4, -0.2) is 5.54 Å². The van der Waals surface area contributed by atoms with Gasteiger partial charge in [-0.2, -0.15) is 0 Å². The monoisotopic (exact) mass is 805 g/mol. The molecular weight excluding hydrogens is 759 g/mol. The van der Waals surface area contributed by atoms with Crippen LogP contribution in [0.2, 0.25) is 0 Å². The van der Waals surface area contributed by atoms with E-state index in [0.29, 0.717) is 0 Å². The molecule has 2 aliphatic rings. The van der Waals surface area contributed by atoms with Crippen LogP contribution in [-0.2, 0) is 5.41 Å². The summed E-state index contributed by atoms with van der Waals surface area (Å²) in [5.41, 5.74) is 14.4. The van der Waals surface area contributed by atoms with Crippen LogP contribution in [0.5, 0.6) is 0 Å². The minimum Gasteiger partial charge on any atom is -0.334 e. The van der Waals surface area contributed by atoms with E-state index in [-0.39, 0.29) is 11.0 Å². The highest BCUT2D eigenvalue weighted by atomic mass is 15.3. The second-order valence-corrected chi connectivity index (χ2v) is 18.7. The molecule has 1 aliphatic carbocycles. The van der Waals surface area contributed by atoms with Gasteiger partial charge in [0.2, 0.25) is 0 Å². The van der Waals surface area contributed by atoms with Crippen LogP contribution in [0.4, 0.5) is 11.4 Å². The van der Waals surface area contributed by atoms with Crippen molar-refractivity contribution in [2.45, 2.75) is 50.5 Å². The fourth-order valence-electron chi connectivity index (χ4n) is 12.3. The standard InChI is InChI=1S/C62H47N/c1-61-36-10-11-37-62(61,2)63(46-18-4-3-5-19-46)58-35-30-45(38-57(58)61)40-24-26-43(27-25-40)55-39-56(50-23-13-17-42-15-7-9-21-48(42)50)54-32-29-44-28-31-51(52-33-34-53(55)60(54)59(44)52)49-22-12-16-41-14-6-8-20-47(41)49/h3-9,12-35,38-39H,10-11,36-37H2,1-2H3. The van der Waals surface area contributed by atoms with Crippen LogP contribution in [0.15, 0.2) is 200 Å². The lowest BCUT2D eigenvalue weighted by Crippen LogP contribution is -2.54. The van der Waals surface area contributed by atoms with E-state index in [1.165, 1.54) is 141 Å². The molecule has 1 nitrogen and oxygen atoms in total. The molecule has 0 aromatic heterocycles. The Balaban J connectivity index is 1.00. The number of anilines is 2. The van der Waals surface area contributed by atoms with Gasteiger partial charge in [-0.3, -0.25) is 0 Å². The molecule has 13 rings (SSSR count). The lowest BCUT2D eigenvalue weighted by molar-refractivity contribution is 0.195. The van der Waals surface area contributed by atoms with Crippen molar-refractivity contribution in [2.75, 3.05) is 4.90 Å². The Morgan fingerprint density at radius 1 is 0.365 bits per heavy atom. The van der Waals surface area contributed by atoms with Crippen molar-refractivity contribution < 1.29 is 0 Å². The van der Waals surface area contributed by atoms with Gasteiger partial charge >= 0.3 is 0 Å². The molecule has 63 heavy (non-hydrogen) atoms. The number of nitrogens with zero attached hydrogens (tertiary/aromatic N) is 1. The van der Waals surface area contributed by atoms with E-state index >= 15 is 0 Å². The number of hydrogen-bond acceptors (Lipinski definition) is 1. The second kappa shape index (κ2) is 13.6. The Bertz CT molecular complexity index is 3590. The highest BCUT2D eigenvalue weighted by molar-refractivity contribution is 6.31. The molecule has 0 saturated heterocycles. The molecular formula is C62H47N. The van der Waals surface area contributed by atoms with Gasteiger partial charge in [-0.05, 0) is 154 Å². The van der Waals surface area contributed by atoms with E-state index < -0.39 is 0 Å². The topological polar surface area (TPSA) is 3.24 Å². The molecule has 2 atom stereocenters. The summed E-state index contributed by atoms with van der Waals surface area (Å²) in [6.07, 6.45) is 4.95. The first kappa shape index (κ1) is 36.4. The molecule has 1 heteroatoms. The Kier molecular flexibility index (Phi) is 7.89. The predicted molar refractivity (Wildman–Crippen MR) is 270 cm³/mol. The largest absolute Gasteiger partial charge is 0.334 e. The predicted octanol–water partition coefficient (Wildman–Crippen LogP) is 17.3. The van der Waals surface area contributed by atoms with Crippen molar-refractivity contribution >= 4 is 65.2 Å². The van der Waals surface area contributed by atoms with Gasteiger partial charge in [0.05, 0.1) is 5.54 Å². The zero-order valence-corrected chi connectivity index (χ0v) is 35.8. The number of benzene rings is 11. The van der Waals surface area contributed by atoms with Gasteiger partial charge in [0.25, 0.3) is 0 Å². The number of para-hydroxylation sites is 1. The first-order chi connectivity index (χ1) is 31.0. The lowest BCUT2D eigenvalue weighted by atomic mass is 9.61. The van der Waals surface area contributed by atoms with Gasteiger partial charge in [0.1, 0.15) is 0 Å². The van der Waals surface area contributed by atoms with Crippen LogP contribution in [0, 0.1) is 0 Å². The summed E-state index contributed by atoms with van der Waals surface area (Å²) in [7, 11) is 0. The molecule has 11 aromatic carbocycles. The molecule has 1 fully saturated rings. The maximum absolute atomic E-state index is 2.67. The van der Waals surface area contributed by atoms with Gasteiger partial charge in [-0.25, -0.2) is 0 Å². The summed E-state index contributed by atoms with van der Waals surface area (Å²) in [5.74, 6) is 0. The fourth-order valence-corrected chi connectivity index (χ4v) is 12.3. The molecule has 0 bridgehead atoms. The second-order valence-electron chi connectivity index (χ2n) is 18.7. The summed E-state index contributed by atoms with van der Waals surface area (Å²) < 4.78 is 0. The third-order valence-corrected chi connectivity index (χ3v) is 15.6. The van der Waals surface area contributed by atoms with Crippen molar-refractivity contribution in [1.82, 2.24) is 0 Å². The van der Waals surface area contributed by atoms with Crippen molar-refractivity contribution in [3.63, 3.8) is 0 Å². The van der Waals surface area contributed by atoms with Crippen molar-refractivity contribution in [2.24, 2.45) is 0 Å². The van der Waals surface area contributed by atoms with Crippen molar-refractivity contribution in [3.8, 4) is 44.5 Å². The van der Waals surface area contributed by atoms with Crippen LogP contribution in [0.1, 0.15) is 45.1 Å². The molecule has 0 N–H and O–H groups in total. The van der Waals surface area contributed by atoms with E-state index in [1.807, 2.05) is 0 Å². The van der Waals surface area contributed by atoms with Gasteiger partial charge in [0, 0.05) is 16.8 Å². The first-order valence-electron chi connectivity index (χ1n) is 22.8. The molecule has 2 unspecified atom stereocenters. The Morgan fingerprint density at radius 3 is 1.67 bits per heavy atom. The average molecular weight is 806 g/mol. The summed E-state index contributed by atoms with van der Waals surface area (Å²) in [6.45, 7) is 5.05. The number of fused-ring (bicyclic) bond motifs is 5. The Labute approximate surface area is 369 Å². The van der Waals surface area contributed by atoms with Crippen LogP contribution in [0.25, 0.3) is 98.4 Å². The highest BCUT2D eigenvalue weighted by Crippen LogP contribution is 2.61. The quantitative estimate of drug-likeness (QED) is 0.157. The summed E-state index contributed by atoms with van der Waals surface area (Å²) in [4.78, 5) is 2.67. The Morgan fingerprint density at radius 2 is 0.921 bits per heavy atom. The normalized spacial score (nSPS) is 18.5. The fraction of sp³-hybridized carbons (Fsp3) is 0.129. The molecule has 1 saturated carbocycles. The number of rotatable bonds is 5. The molecule has 1 aliphatic heterocycles. The van der Waals surface area contributed by atoms with E-state index in [1.54, 1.807) is 0 Å². The van der Waals surface area contributed by atoms with Gasteiger partial charge < -0.3 is 4.90 Å². The number of hydrogen-bond donors (Lipinski definition) is 0. The van der Waals surface area contributed by atoms with E-state index in [9.17, 15) is 0 Å². The Hall–Kier alpha value is -7.22. The SMILES string of the molecule is CC12CCCCC1(C)N(c1ccccc1)c1ccc(-c3ccc(-c4cc(-c5cccc6ccccc56)c5ccc6ccc(-c7cccc8ccccc78)c7ccc4c5c67)cc3)cc12. The van der Waals surface area contributed by atoms with E-state index in [4.69, 9.17) is 0 Å². The van der Waals surface area contributed by atoms with E-state index in [2.05, 4.69) is 219 Å². The summed E-state index contributed by atoms with van der Waals surface area (Å²) >= 11 is 0. The lowest BCUT2D eigenvalue weighted by Gasteiger charge is -2.50. The maximum Gasteiger partial charge on any atom is 0.0517 e. The van der Waals surface area contributed by atoms with Crippen LogP contribution in [0.3, 0.4) is 0 Å². The van der Waals surface area contributed by atoms with Gasteiger partial charge in [0.15, 0.2) is 0 Å². The summed E-state index contributed by atoms with van der Waals surface area (Å²) in [6, 6.07) is 75.5. The first-order valence-corrected chi connectivity index (χ1v) is 22.8. The van der Waals surface area contributed by atoms with Gasteiger partial charge in [-0.15, -0.1) is 0 Å². The molecule has 0 radical (unpaired) electrons. The maximum atomic E-state index is 2.67. The van der Waals surface area contributed by atoms with Gasteiger partial charge in [-0.1, -0.05) is 190 Å². The molecule has 300 valence electrons. The third-order valence-electron chi connectivity index (χ3n) is 15.6. The minimum atomic E-state index is 0.0316. The average Bonchev–Trinajstić information content (AvgIpc) is 3.55. The molecule has 11 aromatic rings. The van der Waals surface area contributed by atoms with E-state index in [0.717, 1.165) is 0 Å². The van der Waals surface area contributed by atoms with Crippen LogP contribution >= 0.6 is 0 Å². The van der Waals surface area contributed by atoms with Crippen LogP contribution < -0.4 is 4.90 Å². The minimum absolute atomic E-state index is 0.0316. The molecule has 0 amide bonds. The van der Waals surface area contributed by atoms with Crippen molar-refractivity contribution in [1.29, 1.82) is 0 Å². The molecule has 1 heterocycles. The third kappa shape index (κ3) is 5.23. The van der Waals surface area contributed by atoms with Crippen molar-refractivity contribution in [3.05, 3.63) is 206 Å².